The molecule has 2 aromatic rings. The highest BCUT2D eigenvalue weighted by atomic mass is 32.1. The molecule has 1 atom stereocenters. The maximum Gasteiger partial charge on any atom is 0.111 e. The van der Waals surface area contributed by atoms with Crippen molar-refractivity contribution in [3.63, 3.8) is 0 Å². The van der Waals surface area contributed by atoms with Gasteiger partial charge in [-0.25, -0.2) is 4.98 Å². The molecular weight excluding hydrogens is 220 g/mol. The van der Waals surface area contributed by atoms with Crippen LogP contribution < -0.4 is 0 Å². The van der Waals surface area contributed by atoms with Crippen molar-refractivity contribution in [1.82, 2.24) is 9.55 Å². The summed E-state index contributed by atoms with van der Waals surface area (Å²) in [7, 11) is 1.94. The first-order valence-corrected chi connectivity index (χ1v) is 6.10. The van der Waals surface area contributed by atoms with Gasteiger partial charge in [-0.2, -0.15) is 0 Å². The van der Waals surface area contributed by atoms with Crippen LogP contribution in [-0.2, 0) is 13.5 Å². The average molecular weight is 236 g/mol. The van der Waals surface area contributed by atoms with Gasteiger partial charge in [0.05, 0.1) is 6.10 Å². The number of hydrogen-bond acceptors (Lipinski definition) is 3. The molecule has 0 aromatic carbocycles. The van der Waals surface area contributed by atoms with E-state index in [1.807, 2.05) is 17.8 Å². The molecule has 1 unspecified atom stereocenters. The van der Waals surface area contributed by atoms with Crippen molar-refractivity contribution < 1.29 is 5.11 Å². The van der Waals surface area contributed by atoms with Crippen LogP contribution >= 0.6 is 11.3 Å². The summed E-state index contributed by atoms with van der Waals surface area (Å²) in [4.78, 5) is 6.52. The maximum atomic E-state index is 10.1. The topological polar surface area (TPSA) is 38.1 Å². The van der Waals surface area contributed by atoms with Crippen LogP contribution in [0.15, 0.2) is 18.5 Å². The highest BCUT2D eigenvalue weighted by molar-refractivity contribution is 7.12. The minimum Gasteiger partial charge on any atom is -0.387 e. The summed E-state index contributed by atoms with van der Waals surface area (Å²) in [6.45, 7) is 4.15. The lowest BCUT2D eigenvalue weighted by Crippen LogP contribution is -2.05. The Hall–Kier alpha value is -1.13. The second kappa shape index (κ2) is 4.39. The number of rotatable bonds is 3. The van der Waals surface area contributed by atoms with E-state index in [0.717, 1.165) is 10.7 Å². The fourth-order valence-corrected chi connectivity index (χ4v) is 2.66. The number of aryl methyl sites for hydroxylation is 3. The molecule has 86 valence electrons. The zero-order valence-electron chi connectivity index (χ0n) is 9.77. The summed E-state index contributed by atoms with van der Waals surface area (Å²) >= 11 is 1.66. The molecule has 2 aromatic heterocycles. The lowest BCUT2D eigenvalue weighted by atomic mass is 10.2. The quantitative estimate of drug-likeness (QED) is 0.888. The third-order valence-corrected chi connectivity index (χ3v) is 4.06. The number of thiophene rings is 1. The first-order valence-electron chi connectivity index (χ1n) is 5.29. The van der Waals surface area contributed by atoms with Crippen molar-refractivity contribution >= 4 is 11.3 Å². The molecule has 4 heteroatoms. The molecule has 2 rings (SSSR count). The van der Waals surface area contributed by atoms with E-state index in [-0.39, 0.29) is 0 Å². The van der Waals surface area contributed by atoms with Crippen LogP contribution in [0.1, 0.15) is 27.2 Å². The number of imidazole rings is 1. The molecule has 1 N–H and O–H groups in total. The van der Waals surface area contributed by atoms with Crippen molar-refractivity contribution in [2.24, 2.45) is 7.05 Å². The monoisotopic (exact) mass is 236 g/mol. The van der Waals surface area contributed by atoms with Crippen LogP contribution in [0.2, 0.25) is 0 Å². The van der Waals surface area contributed by atoms with Crippen molar-refractivity contribution in [2.45, 2.75) is 26.4 Å². The fraction of sp³-hybridized carbons (Fsp3) is 0.417. The highest BCUT2D eigenvalue weighted by Gasteiger charge is 2.14. The lowest BCUT2D eigenvalue weighted by molar-refractivity contribution is 0.178. The summed E-state index contributed by atoms with van der Waals surface area (Å²) in [6, 6.07) is 2.06. The maximum absolute atomic E-state index is 10.1. The van der Waals surface area contributed by atoms with E-state index in [4.69, 9.17) is 0 Å². The van der Waals surface area contributed by atoms with Gasteiger partial charge in [-0.1, -0.05) is 0 Å². The van der Waals surface area contributed by atoms with Crippen LogP contribution in [0.5, 0.6) is 0 Å². The molecule has 0 amide bonds. The Kier molecular flexibility index (Phi) is 3.12. The van der Waals surface area contributed by atoms with E-state index in [1.54, 1.807) is 17.5 Å². The second-order valence-corrected chi connectivity index (χ2v) is 5.35. The highest BCUT2D eigenvalue weighted by Crippen LogP contribution is 2.28. The van der Waals surface area contributed by atoms with Gasteiger partial charge in [-0.3, -0.25) is 0 Å². The molecule has 0 saturated carbocycles. The van der Waals surface area contributed by atoms with Gasteiger partial charge in [0.25, 0.3) is 0 Å². The summed E-state index contributed by atoms with van der Waals surface area (Å²) in [5, 5.41) is 10.1. The SMILES string of the molecule is Cc1cc(C(O)Cc2nccn2C)sc1C. The zero-order chi connectivity index (χ0) is 11.7. The van der Waals surface area contributed by atoms with Gasteiger partial charge in [0.2, 0.25) is 0 Å². The van der Waals surface area contributed by atoms with Crippen LogP contribution in [0, 0.1) is 13.8 Å². The van der Waals surface area contributed by atoms with Gasteiger partial charge in [-0.05, 0) is 25.5 Å². The predicted octanol–water partition coefficient (Wildman–Crippen LogP) is 2.37. The van der Waals surface area contributed by atoms with E-state index in [9.17, 15) is 5.11 Å². The van der Waals surface area contributed by atoms with Gasteiger partial charge < -0.3 is 9.67 Å². The third-order valence-electron chi connectivity index (χ3n) is 2.81. The van der Waals surface area contributed by atoms with Gasteiger partial charge in [0.15, 0.2) is 0 Å². The van der Waals surface area contributed by atoms with E-state index >= 15 is 0 Å². The Balaban J connectivity index is 2.14. The third kappa shape index (κ3) is 2.18. The Morgan fingerprint density at radius 2 is 2.25 bits per heavy atom. The van der Waals surface area contributed by atoms with Crippen LogP contribution in [0.4, 0.5) is 0 Å². The number of aliphatic hydroxyl groups is 1. The normalized spacial score (nSPS) is 13.0. The predicted molar refractivity (Wildman–Crippen MR) is 65.7 cm³/mol. The number of aliphatic hydroxyl groups excluding tert-OH is 1. The van der Waals surface area contributed by atoms with Crippen molar-refractivity contribution in [2.75, 3.05) is 0 Å². The largest absolute Gasteiger partial charge is 0.387 e. The van der Waals surface area contributed by atoms with E-state index in [0.29, 0.717) is 6.42 Å². The van der Waals surface area contributed by atoms with Crippen molar-refractivity contribution in [1.29, 1.82) is 0 Å². The molecule has 0 aliphatic carbocycles. The Labute approximate surface area is 99.4 Å². The molecule has 0 bridgehead atoms. The Morgan fingerprint density at radius 1 is 1.50 bits per heavy atom. The summed E-state index contributed by atoms with van der Waals surface area (Å²) in [5.41, 5.74) is 1.25. The van der Waals surface area contributed by atoms with Crippen molar-refractivity contribution in [3.05, 3.63) is 39.6 Å². The molecule has 0 fully saturated rings. The minimum atomic E-state index is -0.446. The van der Waals surface area contributed by atoms with Gasteiger partial charge in [-0.15, -0.1) is 11.3 Å². The van der Waals surface area contributed by atoms with E-state index in [2.05, 4.69) is 24.9 Å². The van der Waals surface area contributed by atoms with Crippen LogP contribution in [-0.4, -0.2) is 14.7 Å². The smallest absolute Gasteiger partial charge is 0.111 e. The van der Waals surface area contributed by atoms with Gasteiger partial charge >= 0.3 is 0 Å². The molecule has 0 saturated heterocycles. The first-order chi connectivity index (χ1) is 7.58. The van der Waals surface area contributed by atoms with Crippen molar-refractivity contribution in [3.8, 4) is 0 Å². The molecule has 0 aliphatic heterocycles. The van der Waals surface area contributed by atoms with Gasteiger partial charge in [0.1, 0.15) is 5.82 Å². The number of aromatic nitrogens is 2. The zero-order valence-corrected chi connectivity index (χ0v) is 10.6. The molecule has 2 heterocycles. The molecular formula is C12H16N2OS. The Morgan fingerprint density at radius 3 is 2.75 bits per heavy atom. The molecule has 0 aliphatic rings. The van der Waals surface area contributed by atoms with E-state index in [1.165, 1.54) is 10.4 Å². The molecule has 3 nitrogen and oxygen atoms in total. The first kappa shape index (κ1) is 11.4. The average Bonchev–Trinajstić information content (AvgIpc) is 2.76. The lowest BCUT2D eigenvalue weighted by Gasteiger charge is -2.07. The molecule has 16 heavy (non-hydrogen) atoms. The summed E-state index contributed by atoms with van der Waals surface area (Å²) < 4.78 is 1.94. The van der Waals surface area contributed by atoms with Gasteiger partial charge in [0, 0.05) is 35.6 Å². The molecule has 0 radical (unpaired) electrons. The Bertz CT molecular complexity index is 467. The minimum absolute atomic E-state index is 0.446. The summed E-state index contributed by atoms with van der Waals surface area (Å²) in [5.74, 6) is 0.913. The number of nitrogens with zero attached hydrogens (tertiary/aromatic N) is 2. The summed E-state index contributed by atoms with van der Waals surface area (Å²) in [6.07, 6.45) is 3.78. The second-order valence-electron chi connectivity index (χ2n) is 4.06. The van der Waals surface area contributed by atoms with Crippen LogP contribution in [0.3, 0.4) is 0 Å². The van der Waals surface area contributed by atoms with E-state index < -0.39 is 6.10 Å². The number of hydrogen-bond donors (Lipinski definition) is 1. The van der Waals surface area contributed by atoms with Crippen LogP contribution in [0.25, 0.3) is 0 Å². The molecule has 0 spiro atoms. The fourth-order valence-electron chi connectivity index (χ4n) is 1.63. The standard InChI is InChI=1S/C12H16N2OS/c1-8-6-11(16-9(8)2)10(15)7-12-13-4-5-14(12)3/h4-6,10,15H,7H2,1-3H3.